The van der Waals surface area contributed by atoms with Crippen molar-refractivity contribution in [3.63, 3.8) is 0 Å². The summed E-state index contributed by atoms with van der Waals surface area (Å²) >= 11 is 0. The summed E-state index contributed by atoms with van der Waals surface area (Å²) in [7, 11) is 0. The molecular weight excluding hydrogens is 530 g/mol. The molecule has 0 radical (unpaired) electrons. The predicted octanol–water partition coefficient (Wildman–Crippen LogP) is 11.9. The van der Waals surface area contributed by atoms with Gasteiger partial charge in [-0.05, 0) is 98.7 Å². The van der Waals surface area contributed by atoms with Gasteiger partial charge in [-0.3, -0.25) is 0 Å². The molecule has 0 saturated heterocycles. The summed E-state index contributed by atoms with van der Waals surface area (Å²) in [6.07, 6.45) is 0.996. The van der Waals surface area contributed by atoms with Gasteiger partial charge in [0.05, 0.1) is 16.7 Å². The highest BCUT2D eigenvalue weighted by Crippen LogP contribution is 2.43. The van der Waals surface area contributed by atoms with Crippen molar-refractivity contribution in [2.75, 3.05) is 0 Å². The Morgan fingerprint density at radius 3 is 1.66 bits per heavy atom. The van der Waals surface area contributed by atoms with Gasteiger partial charge in [0.25, 0.3) is 0 Å². The molecule has 1 heteroatoms. The van der Waals surface area contributed by atoms with Gasteiger partial charge in [0.2, 0.25) is 0 Å². The van der Waals surface area contributed by atoms with E-state index in [9.17, 15) is 0 Å². The third-order valence-electron chi connectivity index (χ3n) is 9.61. The van der Waals surface area contributed by atoms with Crippen LogP contribution in [0, 0.1) is 0 Å². The van der Waals surface area contributed by atoms with Gasteiger partial charge in [-0.15, -0.1) is 0 Å². The van der Waals surface area contributed by atoms with Crippen molar-refractivity contribution in [1.82, 2.24) is 4.57 Å². The van der Waals surface area contributed by atoms with Gasteiger partial charge in [-0.25, -0.2) is 0 Å². The summed E-state index contributed by atoms with van der Waals surface area (Å²) in [5.41, 5.74) is 17.1. The molecule has 1 aliphatic rings. The second-order valence-corrected chi connectivity index (χ2v) is 13.0. The van der Waals surface area contributed by atoms with Gasteiger partial charge < -0.3 is 4.57 Å². The zero-order valence-corrected chi connectivity index (χ0v) is 25.9. The maximum absolute atomic E-state index is 2.49. The van der Waals surface area contributed by atoms with Crippen LogP contribution in [-0.2, 0) is 6.42 Å². The minimum atomic E-state index is 0.477. The topological polar surface area (TPSA) is 4.93 Å². The highest BCUT2D eigenvalue weighted by atomic mass is 15.0. The van der Waals surface area contributed by atoms with Gasteiger partial charge in [0.1, 0.15) is 0 Å². The number of hydrogen-bond acceptors (Lipinski definition) is 0. The maximum atomic E-state index is 2.49. The number of aromatic nitrogens is 1. The van der Waals surface area contributed by atoms with Gasteiger partial charge in [-0.1, -0.05) is 125 Å². The number of benzene rings is 6. The Bertz CT molecular complexity index is 2140. The van der Waals surface area contributed by atoms with Crippen molar-refractivity contribution < 1.29 is 0 Å². The van der Waals surface area contributed by atoms with E-state index in [1.807, 2.05) is 0 Å². The van der Waals surface area contributed by atoms with Crippen LogP contribution < -0.4 is 0 Å². The molecule has 0 atom stereocenters. The Balaban J connectivity index is 1.34. The molecule has 214 valence electrons. The number of rotatable bonds is 5. The summed E-state index contributed by atoms with van der Waals surface area (Å²) in [6.45, 7) is 9.13. The highest BCUT2D eigenvalue weighted by Gasteiger charge is 2.21. The van der Waals surface area contributed by atoms with Crippen molar-refractivity contribution in [3.05, 3.63) is 150 Å². The van der Waals surface area contributed by atoms with E-state index in [1.165, 1.54) is 83.1 Å². The van der Waals surface area contributed by atoms with Gasteiger partial charge in [0, 0.05) is 16.3 Å². The van der Waals surface area contributed by atoms with E-state index in [0.29, 0.717) is 11.8 Å². The maximum Gasteiger partial charge on any atom is 0.0541 e. The lowest BCUT2D eigenvalue weighted by Crippen LogP contribution is -1.98. The molecule has 0 spiro atoms. The van der Waals surface area contributed by atoms with Crippen molar-refractivity contribution in [1.29, 1.82) is 0 Å². The van der Waals surface area contributed by atoms with E-state index in [2.05, 4.69) is 160 Å². The summed E-state index contributed by atoms with van der Waals surface area (Å²) in [5.74, 6) is 0.954. The Labute approximate surface area is 260 Å². The van der Waals surface area contributed by atoms with E-state index < -0.39 is 0 Å². The molecule has 1 heterocycles. The Hall–Kier alpha value is -4.88. The monoisotopic (exact) mass is 567 g/mol. The molecule has 8 rings (SSSR count). The van der Waals surface area contributed by atoms with E-state index >= 15 is 0 Å². The molecule has 0 fully saturated rings. The van der Waals surface area contributed by atoms with Crippen molar-refractivity contribution in [3.8, 4) is 39.1 Å². The lowest BCUT2D eigenvalue weighted by molar-refractivity contribution is 0.868. The Morgan fingerprint density at radius 2 is 1.00 bits per heavy atom. The summed E-state index contributed by atoms with van der Waals surface area (Å²) in [5, 5.41) is 2.66. The van der Waals surface area contributed by atoms with Crippen LogP contribution in [-0.4, -0.2) is 4.57 Å². The molecule has 0 unspecified atom stereocenters. The van der Waals surface area contributed by atoms with Crippen LogP contribution >= 0.6 is 0 Å². The molecule has 44 heavy (non-hydrogen) atoms. The van der Waals surface area contributed by atoms with E-state index in [0.717, 1.165) is 6.42 Å². The fourth-order valence-electron chi connectivity index (χ4n) is 7.22. The average Bonchev–Trinajstić information content (AvgIpc) is 3.59. The first-order chi connectivity index (χ1) is 21.5. The standard InChI is InChI=1S/C43H37N/c1-27(2)29-18-21-42-39(25-29)40-26-30(28(3)4)19-22-43(40)44(42)41-16-10-9-15-38(41)37-14-8-7-13-35(37)32-17-20-36-33(24-32)23-31-11-5-6-12-34(31)36/h5-22,24-28H,23H2,1-4H3. The lowest BCUT2D eigenvalue weighted by Gasteiger charge is -2.17. The molecule has 1 aliphatic carbocycles. The average molecular weight is 568 g/mol. The van der Waals surface area contributed by atoms with E-state index in [-0.39, 0.29) is 0 Å². The molecule has 0 aliphatic heterocycles. The first-order valence-electron chi connectivity index (χ1n) is 16.0. The van der Waals surface area contributed by atoms with Crippen molar-refractivity contribution in [2.24, 2.45) is 0 Å². The first-order valence-corrected chi connectivity index (χ1v) is 16.0. The molecule has 6 aromatic carbocycles. The SMILES string of the molecule is CC(C)c1ccc2c(c1)c1cc(C(C)C)ccc1n2-c1ccccc1-c1ccccc1-c1ccc2c(c1)Cc1ccccc1-2. The second kappa shape index (κ2) is 10.4. The van der Waals surface area contributed by atoms with Crippen LogP contribution in [0.5, 0.6) is 0 Å². The number of para-hydroxylation sites is 1. The van der Waals surface area contributed by atoms with Crippen molar-refractivity contribution >= 4 is 21.8 Å². The fraction of sp³-hybridized carbons (Fsp3) is 0.163. The van der Waals surface area contributed by atoms with Crippen LogP contribution in [0.2, 0.25) is 0 Å². The zero-order valence-electron chi connectivity index (χ0n) is 25.9. The number of hydrogen-bond donors (Lipinski definition) is 0. The summed E-state index contributed by atoms with van der Waals surface area (Å²) < 4.78 is 2.49. The summed E-state index contributed by atoms with van der Waals surface area (Å²) in [4.78, 5) is 0. The van der Waals surface area contributed by atoms with Crippen LogP contribution in [0.25, 0.3) is 60.9 Å². The molecular formula is C43H37N. The Morgan fingerprint density at radius 1 is 0.455 bits per heavy atom. The molecule has 7 aromatic rings. The van der Waals surface area contributed by atoms with Crippen LogP contribution in [0.4, 0.5) is 0 Å². The molecule has 1 aromatic heterocycles. The Kier molecular flexibility index (Phi) is 6.31. The quantitative estimate of drug-likeness (QED) is 0.195. The predicted molar refractivity (Wildman–Crippen MR) is 188 cm³/mol. The van der Waals surface area contributed by atoms with Gasteiger partial charge in [0.15, 0.2) is 0 Å². The van der Waals surface area contributed by atoms with E-state index in [4.69, 9.17) is 0 Å². The molecule has 1 nitrogen and oxygen atoms in total. The third-order valence-corrected chi connectivity index (χ3v) is 9.61. The van der Waals surface area contributed by atoms with Crippen molar-refractivity contribution in [2.45, 2.75) is 46.0 Å². The molecule has 0 N–H and O–H groups in total. The van der Waals surface area contributed by atoms with Gasteiger partial charge >= 0.3 is 0 Å². The van der Waals surface area contributed by atoms with Crippen LogP contribution in [0.15, 0.2) is 127 Å². The summed E-state index contributed by atoms with van der Waals surface area (Å²) in [6, 6.07) is 47.8. The van der Waals surface area contributed by atoms with Crippen LogP contribution in [0.3, 0.4) is 0 Å². The third kappa shape index (κ3) is 4.22. The smallest absolute Gasteiger partial charge is 0.0541 e. The minimum Gasteiger partial charge on any atom is -0.309 e. The molecule has 0 saturated carbocycles. The largest absolute Gasteiger partial charge is 0.309 e. The second-order valence-electron chi connectivity index (χ2n) is 13.0. The highest BCUT2D eigenvalue weighted by molar-refractivity contribution is 6.10. The first kappa shape index (κ1) is 26.7. The molecule has 0 amide bonds. The van der Waals surface area contributed by atoms with Crippen LogP contribution in [0.1, 0.15) is 61.8 Å². The fourth-order valence-corrected chi connectivity index (χ4v) is 7.22. The van der Waals surface area contributed by atoms with E-state index in [1.54, 1.807) is 0 Å². The normalized spacial score (nSPS) is 12.4. The number of nitrogens with zero attached hydrogens (tertiary/aromatic N) is 1. The number of fused-ring (bicyclic) bond motifs is 6. The van der Waals surface area contributed by atoms with Gasteiger partial charge in [-0.2, -0.15) is 0 Å². The lowest BCUT2D eigenvalue weighted by atomic mass is 9.91. The minimum absolute atomic E-state index is 0.477. The molecule has 0 bridgehead atoms. The zero-order chi connectivity index (χ0) is 29.9.